The van der Waals surface area contributed by atoms with Crippen LogP contribution < -0.4 is 10.1 Å². The number of aryl methyl sites for hydroxylation is 3. The molecule has 0 unspecified atom stereocenters. The van der Waals surface area contributed by atoms with Crippen molar-refractivity contribution in [2.24, 2.45) is 0 Å². The van der Waals surface area contributed by atoms with E-state index in [1.54, 1.807) is 12.1 Å². The number of carbonyl (C=O) groups excluding carboxylic acids is 1. The third-order valence-electron chi connectivity index (χ3n) is 5.75. The molecule has 0 aliphatic carbocycles. The maximum absolute atomic E-state index is 12.9. The summed E-state index contributed by atoms with van der Waals surface area (Å²) in [6.07, 6.45) is 2.95. The molecule has 0 bridgehead atoms. The van der Waals surface area contributed by atoms with Gasteiger partial charge in [-0.15, -0.1) is 0 Å². The highest BCUT2D eigenvalue weighted by Gasteiger charge is 2.17. The Morgan fingerprint density at radius 3 is 2.29 bits per heavy atom. The van der Waals surface area contributed by atoms with Gasteiger partial charge in [0.25, 0.3) is 5.91 Å². The van der Waals surface area contributed by atoms with Gasteiger partial charge in [-0.3, -0.25) is 4.79 Å². The molecular formula is C29H31N3O2. The number of para-hydroxylation sites is 1. The standard InChI is InChI=1S/C29H31N3O2/c1-5-15-34-26-13-11-23(12-14-26)29(33)30-18-24-19-32(25-9-7-6-8-10-25)31-28(24)27-21(3)16-20(2)17-22(27)4/h6-14,16-17,19H,5,15,18H2,1-4H3,(H,30,33). The van der Waals surface area contributed by atoms with Gasteiger partial charge in [0.15, 0.2) is 0 Å². The summed E-state index contributed by atoms with van der Waals surface area (Å²) in [5.41, 5.74) is 8.12. The summed E-state index contributed by atoms with van der Waals surface area (Å²) in [6, 6.07) is 21.6. The van der Waals surface area contributed by atoms with Gasteiger partial charge < -0.3 is 10.1 Å². The summed E-state index contributed by atoms with van der Waals surface area (Å²) in [5.74, 6) is 0.646. The van der Waals surface area contributed by atoms with E-state index in [2.05, 4.69) is 45.1 Å². The third kappa shape index (κ3) is 5.20. The lowest BCUT2D eigenvalue weighted by molar-refractivity contribution is 0.0951. The molecule has 1 amide bonds. The smallest absolute Gasteiger partial charge is 0.251 e. The van der Waals surface area contributed by atoms with Gasteiger partial charge in [0.05, 0.1) is 18.0 Å². The number of hydrogen-bond donors (Lipinski definition) is 1. The van der Waals surface area contributed by atoms with E-state index in [0.717, 1.165) is 34.7 Å². The van der Waals surface area contributed by atoms with Crippen LogP contribution in [-0.2, 0) is 6.54 Å². The summed E-state index contributed by atoms with van der Waals surface area (Å²) in [7, 11) is 0. The molecule has 0 fully saturated rings. The summed E-state index contributed by atoms with van der Waals surface area (Å²) in [4.78, 5) is 12.9. The van der Waals surface area contributed by atoms with Gasteiger partial charge in [-0.1, -0.05) is 42.8 Å². The van der Waals surface area contributed by atoms with Gasteiger partial charge in [0, 0.05) is 29.4 Å². The van der Waals surface area contributed by atoms with Gasteiger partial charge >= 0.3 is 0 Å². The van der Waals surface area contributed by atoms with Crippen LogP contribution in [0.4, 0.5) is 0 Å². The fourth-order valence-electron chi connectivity index (χ4n) is 4.22. The number of nitrogens with one attached hydrogen (secondary N) is 1. The summed E-state index contributed by atoms with van der Waals surface area (Å²) >= 11 is 0. The Hall–Kier alpha value is -3.86. The third-order valence-corrected chi connectivity index (χ3v) is 5.75. The minimum Gasteiger partial charge on any atom is -0.494 e. The van der Waals surface area contributed by atoms with Gasteiger partial charge in [0.1, 0.15) is 5.75 Å². The number of benzene rings is 3. The highest BCUT2D eigenvalue weighted by molar-refractivity contribution is 5.94. The summed E-state index contributed by atoms with van der Waals surface area (Å²) in [6.45, 7) is 9.43. The number of amides is 1. The van der Waals surface area contributed by atoms with Crippen molar-refractivity contribution in [1.29, 1.82) is 0 Å². The number of ether oxygens (including phenoxy) is 1. The molecule has 0 saturated heterocycles. The second kappa shape index (κ2) is 10.4. The Bertz CT molecular complexity index is 1250. The first kappa shape index (κ1) is 23.3. The molecule has 0 radical (unpaired) electrons. The quantitative estimate of drug-likeness (QED) is 0.346. The normalized spacial score (nSPS) is 10.8. The van der Waals surface area contributed by atoms with E-state index in [0.29, 0.717) is 18.7 Å². The Morgan fingerprint density at radius 2 is 1.65 bits per heavy atom. The van der Waals surface area contributed by atoms with Crippen molar-refractivity contribution < 1.29 is 9.53 Å². The minimum atomic E-state index is -0.127. The second-order valence-corrected chi connectivity index (χ2v) is 8.61. The first-order valence-electron chi connectivity index (χ1n) is 11.7. The first-order valence-corrected chi connectivity index (χ1v) is 11.7. The molecule has 5 heteroatoms. The molecule has 4 aromatic rings. The van der Waals surface area contributed by atoms with E-state index in [1.165, 1.54) is 16.7 Å². The van der Waals surface area contributed by atoms with E-state index in [-0.39, 0.29) is 5.91 Å². The lowest BCUT2D eigenvalue weighted by atomic mass is 9.95. The van der Waals surface area contributed by atoms with Crippen LogP contribution >= 0.6 is 0 Å². The number of aromatic nitrogens is 2. The lowest BCUT2D eigenvalue weighted by Gasteiger charge is -2.12. The minimum absolute atomic E-state index is 0.127. The van der Waals surface area contributed by atoms with E-state index in [4.69, 9.17) is 9.84 Å². The first-order chi connectivity index (χ1) is 16.5. The van der Waals surface area contributed by atoms with E-state index < -0.39 is 0 Å². The molecule has 174 valence electrons. The van der Waals surface area contributed by atoms with Crippen LogP contribution in [0.15, 0.2) is 72.9 Å². The maximum atomic E-state index is 12.9. The predicted molar refractivity (Wildman–Crippen MR) is 137 cm³/mol. The molecule has 0 aliphatic heterocycles. The highest BCUT2D eigenvalue weighted by atomic mass is 16.5. The monoisotopic (exact) mass is 453 g/mol. The molecule has 5 nitrogen and oxygen atoms in total. The Balaban J connectivity index is 1.62. The lowest BCUT2D eigenvalue weighted by Crippen LogP contribution is -2.22. The van der Waals surface area contributed by atoms with Crippen molar-refractivity contribution in [2.45, 2.75) is 40.7 Å². The topological polar surface area (TPSA) is 56.1 Å². The number of carbonyl (C=O) groups is 1. The van der Waals surface area contributed by atoms with Crippen LogP contribution in [-0.4, -0.2) is 22.3 Å². The molecule has 3 aromatic carbocycles. The Morgan fingerprint density at radius 1 is 0.971 bits per heavy atom. The second-order valence-electron chi connectivity index (χ2n) is 8.61. The van der Waals surface area contributed by atoms with Gasteiger partial charge in [-0.2, -0.15) is 5.10 Å². The van der Waals surface area contributed by atoms with Crippen LogP contribution in [0.25, 0.3) is 16.9 Å². The zero-order chi connectivity index (χ0) is 24.1. The Kier molecular flexibility index (Phi) is 7.12. The van der Waals surface area contributed by atoms with Gasteiger partial charge in [-0.05, 0) is 74.7 Å². The van der Waals surface area contributed by atoms with Crippen molar-refractivity contribution in [3.8, 4) is 22.7 Å². The maximum Gasteiger partial charge on any atom is 0.251 e. The fraction of sp³-hybridized carbons (Fsp3) is 0.241. The van der Waals surface area contributed by atoms with E-state index >= 15 is 0 Å². The van der Waals surface area contributed by atoms with Gasteiger partial charge in [0.2, 0.25) is 0 Å². The molecule has 0 saturated carbocycles. The molecule has 4 rings (SSSR count). The van der Waals surface area contributed by atoms with E-state index in [1.807, 2.05) is 53.3 Å². The average Bonchev–Trinajstić information content (AvgIpc) is 3.25. The van der Waals surface area contributed by atoms with Crippen molar-refractivity contribution in [3.05, 3.63) is 101 Å². The summed E-state index contributed by atoms with van der Waals surface area (Å²) < 4.78 is 7.50. The highest BCUT2D eigenvalue weighted by Crippen LogP contribution is 2.31. The molecular weight excluding hydrogens is 422 g/mol. The van der Waals surface area contributed by atoms with Crippen molar-refractivity contribution in [2.75, 3.05) is 6.61 Å². The average molecular weight is 454 g/mol. The number of hydrogen-bond acceptors (Lipinski definition) is 3. The largest absolute Gasteiger partial charge is 0.494 e. The molecule has 1 aromatic heterocycles. The van der Waals surface area contributed by atoms with Crippen molar-refractivity contribution in [3.63, 3.8) is 0 Å². The molecule has 1 N–H and O–H groups in total. The molecule has 34 heavy (non-hydrogen) atoms. The number of rotatable bonds is 8. The molecule has 1 heterocycles. The van der Waals surface area contributed by atoms with E-state index in [9.17, 15) is 4.79 Å². The molecule has 0 spiro atoms. The Labute approximate surface area is 201 Å². The summed E-state index contributed by atoms with van der Waals surface area (Å²) in [5, 5.41) is 8.01. The zero-order valence-electron chi connectivity index (χ0n) is 20.3. The SMILES string of the molecule is CCCOc1ccc(C(=O)NCc2cn(-c3ccccc3)nc2-c2c(C)cc(C)cc2C)cc1. The van der Waals surface area contributed by atoms with Crippen LogP contribution in [0, 0.1) is 20.8 Å². The van der Waals surface area contributed by atoms with Crippen molar-refractivity contribution in [1.82, 2.24) is 15.1 Å². The molecule has 0 atom stereocenters. The number of nitrogens with zero attached hydrogens (tertiary/aromatic N) is 2. The van der Waals surface area contributed by atoms with Crippen LogP contribution in [0.2, 0.25) is 0 Å². The predicted octanol–water partition coefficient (Wildman–Crippen LogP) is 6.18. The van der Waals surface area contributed by atoms with Crippen molar-refractivity contribution >= 4 is 5.91 Å². The van der Waals surface area contributed by atoms with Crippen LogP contribution in [0.1, 0.15) is 46.0 Å². The zero-order valence-corrected chi connectivity index (χ0v) is 20.3. The fourth-order valence-corrected chi connectivity index (χ4v) is 4.22. The van der Waals surface area contributed by atoms with Gasteiger partial charge in [-0.25, -0.2) is 4.68 Å². The van der Waals surface area contributed by atoms with Crippen LogP contribution in [0.3, 0.4) is 0 Å². The van der Waals surface area contributed by atoms with Crippen LogP contribution in [0.5, 0.6) is 5.75 Å². The molecule has 0 aliphatic rings.